The highest BCUT2D eigenvalue weighted by molar-refractivity contribution is 7.89. The molecule has 8 heteroatoms. The van der Waals surface area contributed by atoms with Gasteiger partial charge in [0, 0.05) is 18.3 Å². The molecule has 0 saturated carbocycles. The Hall–Kier alpha value is -2.29. The van der Waals surface area contributed by atoms with E-state index in [0.29, 0.717) is 11.7 Å². The summed E-state index contributed by atoms with van der Waals surface area (Å²) in [5.74, 6) is -1.48. The van der Waals surface area contributed by atoms with Crippen LogP contribution in [-0.2, 0) is 16.6 Å². The Kier molecular flexibility index (Phi) is 6.66. The Labute approximate surface area is 171 Å². The van der Waals surface area contributed by atoms with Crippen molar-refractivity contribution in [3.8, 4) is 0 Å². The zero-order valence-electron chi connectivity index (χ0n) is 16.6. The highest BCUT2D eigenvalue weighted by atomic mass is 32.2. The summed E-state index contributed by atoms with van der Waals surface area (Å²) in [5.41, 5.74) is 1.28. The van der Waals surface area contributed by atoms with Gasteiger partial charge in [-0.05, 0) is 69.3 Å². The molecule has 1 aliphatic heterocycles. The lowest BCUT2D eigenvalue weighted by molar-refractivity contribution is 0.102. The van der Waals surface area contributed by atoms with Gasteiger partial charge in [-0.2, -0.15) is 0 Å². The second kappa shape index (κ2) is 9.02. The molecule has 1 unspecified atom stereocenters. The highest BCUT2D eigenvalue weighted by Gasteiger charge is 2.20. The van der Waals surface area contributed by atoms with Crippen LogP contribution in [0.2, 0.25) is 0 Å². The van der Waals surface area contributed by atoms with Crippen molar-refractivity contribution in [2.24, 2.45) is 0 Å². The van der Waals surface area contributed by atoms with E-state index in [1.165, 1.54) is 26.3 Å². The predicted molar refractivity (Wildman–Crippen MR) is 111 cm³/mol. The number of sulfonamides is 1. The second-order valence-corrected chi connectivity index (χ2v) is 9.21. The second-order valence-electron chi connectivity index (χ2n) is 7.32. The largest absolute Gasteiger partial charge is 0.322 e. The molecule has 29 heavy (non-hydrogen) atoms. The zero-order chi connectivity index (χ0) is 21.0. The SMILES string of the molecule is CNS(=O)(=O)c1ccc(F)c(C(=O)Nc2cccc(CN3CCCCC3C)c2)c1. The smallest absolute Gasteiger partial charge is 0.258 e. The van der Waals surface area contributed by atoms with Gasteiger partial charge in [0.25, 0.3) is 5.91 Å². The van der Waals surface area contributed by atoms with Crippen molar-refractivity contribution in [2.75, 3.05) is 18.9 Å². The summed E-state index contributed by atoms with van der Waals surface area (Å²) in [5, 5.41) is 2.67. The van der Waals surface area contributed by atoms with Crippen LogP contribution < -0.4 is 10.0 Å². The van der Waals surface area contributed by atoms with Crippen molar-refractivity contribution in [1.82, 2.24) is 9.62 Å². The molecule has 3 rings (SSSR count). The van der Waals surface area contributed by atoms with Gasteiger partial charge in [0.2, 0.25) is 10.0 Å². The van der Waals surface area contributed by atoms with Crippen LogP contribution >= 0.6 is 0 Å². The van der Waals surface area contributed by atoms with Crippen LogP contribution in [0.25, 0.3) is 0 Å². The number of likely N-dealkylation sites (tertiary alicyclic amines) is 1. The highest BCUT2D eigenvalue weighted by Crippen LogP contribution is 2.21. The third-order valence-corrected chi connectivity index (χ3v) is 6.68. The first-order valence-electron chi connectivity index (χ1n) is 9.67. The number of amides is 1. The van der Waals surface area contributed by atoms with E-state index in [0.717, 1.165) is 36.9 Å². The number of nitrogens with zero attached hydrogens (tertiary/aromatic N) is 1. The van der Waals surface area contributed by atoms with E-state index in [4.69, 9.17) is 0 Å². The van der Waals surface area contributed by atoms with Crippen molar-refractivity contribution >= 4 is 21.6 Å². The van der Waals surface area contributed by atoms with Gasteiger partial charge in [-0.15, -0.1) is 0 Å². The molecule has 0 aliphatic carbocycles. The number of halogens is 1. The lowest BCUT2D eigenvalue weighted by atomic mass is 10.0. The molecule has 1 saturated heterocycles. The van der Waals surface area contributed by atoms with Gasteiger partial charge in [-0.25, -0.2) is 17.5 Å². The van der Waals surface area contributed by atoms with Gasteiger partial charge in [0.05, 0.1) is 10.5 Å². The summed E-state index contributed by atoms with van der Waals surface area (Å²) >= 11 is 0. The number of piperidine rings is 1. The Morgan fingerprint density at radius 3 is 2.72 bits per heavy atom. The van der Waals surface area contributed by atoms with Gasteiger partial charge in [0.15, 0.2) is 0 Å². The molecule has 0 aromatic heterocycles. The van der Waals surface area contributed by atoms with Crippen LogP contribution in [0.4, 0.5) is 10.1 Å². The van der Waals surface area contributed by atoms with Gasteiger partial charge >= 0.3 is 0 Å². The van der Waals surface area contributed by atoms with Gasteiger partial charge in [-0.1, -0.05) is 18.6 Å². The monoisotopic (exact) mass is 419 g/mol. The summed E-state index contributed by atoms with van der Waals surface area (Å²) in [4.78, 5) is 14.8. The van der Waals surface area contributed by atoms with E-state index in [9.17, 15) is 17.6 Å². The average Bonchev–Trinajstić information content (AvgIpc) is 2.70. The van der Waals surface area contributed by atoms with Crippen molar-refractivity contribution in [2.45, 2.75) is 43.7 Å². The van der Waals surface area contributed by atoms with E-state index < -0.39 is 21.7 Å². The maximum Gasteiger partial charge on any atom is 0.258 e. The molecule has 1 aliphatic rings. The number of carbonyl (C=O) groups is 1. The van der Waals surface area contributed by atoms with E-state index in [2.05, 4.69) is 21.9 Å². The lowest BCUT2D eigenvalue weighted by Gasteiger charge is -2.33. The van der Waals surface area contributed by atoms with Crippen molar-refractivity contribution < 1.29 is 17.6 Å². The molecule has 2 aromatic carbocycles. The minimum absolute atomic E-state index is 0.167. The summed E-state index contributed by atoms with van der Waals surface area (Å²) in [6.45, 7) is 4.06. The van der Waals surface area contributed by atoms with E-state index >= 15 is 0 Å². The molecule has 6 nitrogen and oxygen atoms in total. The minimum atomic E-state index is -3.77. The van der Waals surface area contributed by atoms with Crippen LogP contribution in [-0.4, -0.2) is 38.9 Å². The zero-order valence-corrected chi connectivity index (χ0v) is 17.4. The van der Waals surface area contributed by atoms with Gasteiger partial charge in [-0.3, -0.25) is 9.69 Å². The molecule has 156 valence electrons. The molecule has 0 radical (unpaired) electrons. The standard InChI is InChI=1S/C21H26FN3O3S/c1-15-6-3-4-11-25(15)14-16-7-5-8-17(12-16)24-21(26)19-13-18(9-10-20(19)22)29(27,28)23-2/h5,7-10,12-13,15,23H,3-4,6,11,14H2,1-2H3,(H,24,26). The first kappa shape index (κ1) is 21.4. The van der Waals surface area contributed by atoms with Crippen molar-refractivity contribution in [3.63, 3.8) is 0 Å². The number of hydrogen-bond donors (Lipinski definition) is 2. The van der Waals surface area contributed by atoms with Gasteiger partial charge < -0.3 is 5.32 Å². The molecule has 0 bridgehead atoms. The quantitative estimate of drug-likeness (QED) is 0.753. The number of nitrogens with one attached hydrogen (secondary N) is 2. The number of carbonyl (C=O) groups excluding carboxylic acids is 1. The summed E-state index contributed by atoms with van der Waals surface area (Å²) < 4.78 is 40.2. The van der Waals surface area contributed by atoms with Crippen LogP contribution in [0.5, 0.6) is 0 Å². The average molecular weight is 420 g/mol. The normalized spacial score (nSPS) is 17.8. The maximum absolute atomic E-state index is 14.2. The third kappa shape index (κ3) is 5.20. The molecule has 1 heterocycles. The third-order valence-electron chi connectivity index (χ3n) is 5.27. The van der Waals surface area contributed by atoms with E-state index in [1.807, 2.05) is 18.2 Å². The van der Waals surface area contributed by atoms with Crippen molar-refractivity contribution in [3.05, 3.63) is 59.4 Å². The molecule has 1 amide bonds. The number of anilines is 1. The Morgan fingerprint density at radius 2 is 2.00 bits per heavy atom. The maximum atomic E-state index is 14.2. The molecular weight excluding hydrogens is 393 g/mol. The molecule has 2 N–H and O–H groups in total. The number of hydrogen-bond acceptors (Lipinski definition) is 4. The topological polar surface area (TPSA) is 78.5 Å². The molecule has 0 spiro atoms. The van der Waals surface area contributed by atoms with E-state index in [1.54, 1.807) is 6.07 Å². The fraction of sp³-hybridized carbons (Fsp3) is 0.381. The Bertz CT molecular complexity index is 994. The predicted octanol–water partition coefficient (Wildman–Crippen LogP) is 3.36. The van der Waals surface area contributed by atoms with Crippen LogP contribution in [0, 0.1) is 5.82 Å². The number of benzene rings is 2. The fourth-order valence-electron chi connectivity index (χ4n) is 3.54. The van der Waals surface area contributed by atoms with Crippen molar-refractivity contribution in [1.29, 1.82) is 0 Å². The van der Waals surface area contributed by atoms with Crippen LogP contribution in [0.1, 0.15) is 42.1 Å². The first-order chi connectivity index (χ1) is 13.8. The van der Waals surface area contributed by atoms with Crippen LogP contribution in [0.15, 0.2) is 47.4 Å². The lowest BCUT2D eigenvalue weighted by Crippen LogP contribution is -2.36. The summed E-state index contributed by atoms with van der Waals surface area (Å²) in [7, 11) is -2.52. The summed E-state index contributed by atoms with van der Waals surface area (Å²) in [6, 6.07) is 11.1. The Morgan fingerprint density at radius 1 is 1.21 bits per heavy atom. The molecule has 2 aromatic rings. The summed E-state index contributed by atoms with van der Waals surface area (Å²) in [6.07, 6.45) is 3.62. The molecule has 1 fully saturated rings. The first-order valence-corrected chi connectivity index (χ1v) is 11.2. The molecular formula is C21H26FN3O3S. The van der Waals surface area contributed by atoms with Gasteiger partial charge in [0.1, 0.15) is 5.82 Å². The Balaban J connectivity index is 1.77. The number of rotatable bonds is 6. The minimum Gasteiger partial charge on any atom is -0.322 e. The fourth-order valence-corrected chi connectivity index (χ4v) is 4.29. The van der Waals surface area contributed by atoms with E-state index in [-0.39, 0.29) is 10.5 Å². The molecule has 1 atom stereocenters. The van der Waals surface area contributed by atoms with Crippen LogP contribution in [0.3, 0.4) is 0 Å².